The van der Waals surface area contributed by atoms with E-state index < -0.39 is 15.6 Å². The summed E-state index contributed by atoms with van der Waals surface area (Å²) in [6, 6.07) is 4.81. The van der Waals surface area contributed by atoms with Gasteiger partial charge in [0.2, 0.25) is 10.0 Å². The summed E-state index contributed by atoms with van der Waals surface area (Å²) < 4.78 is 37.6. The fourth-order valence-electron chi connectivity index (χ4n) is 4.35. The van der Waals surface area contributed by atoms with Crippen molar-refractivity contribution in [1.82, 2.24) is 23.3 Å². The van der Waals surface area contributed by atoms with Gasteiger partial charge in [-0.15, -0.1) is 0 Å². The zero-order valence-corrected chi connectivity index (χ0v) is 23.3. The van der Waals surface area contributed by atoms with Crippen LogP contribution < -0.4 is 16.0 Å². The second-order valence-corrected chi connectivity index (χ2v) is 11.7. The minimum Gasteiger partial charge on any atom is -0.493 e. The first-order valence-corrected chi connectivity index (χ1v) is 14.1. The lowest BCUT2D eigenvalue weighted by Gasteiger charge is -2.31. The van der Waals surface area contributed by atoms with Crippen molar-refractivity contribution in [3.63, 3.8) is 0 Å². The lowest BCUT2D eigenvalue weighted by Crippen LogP contribution is -2.47. The van der Waals surface area contributed by atoms with E-state index in [2.05, 4.69) is 32.5 Å². The van der Waals surface area contributed by atoms with Crippen molar-refractivity contribution in [1.29, 1.82) is 0 Å². The number of likely N-dealkylation sites (N-methyl/N-ethyl adjacent to an activating group) is 1. The molecule has 1 aromatic carbocycles. The van der Waals surface area contributed by atoms with Crippen molar-refractivity contribution in [2.45, 2.75) is 31.7 Å². The van der Waals surface area contributed by atoms with Gasteiger partial charge >= 0.3 is 5.69 Å². The van der Waals surface area contributed by atoms with E-state index in [0.717, 1.165) is 4.57 Å². The van der Waals surface area contributed by atoms with Crippen molar-refractivity contribution in [2.75, 3.05) is 39.8 Å². The lowest BCUT2D eigenvalue weighted by molar-refractivity contribution is 0.222. The second kappa shape index (κ2) is 10.1. The molecule has 0 saturated carbocycles. The van der Waals surface area contributed by atoms with E-state index in [-0.39, 0.29) is 10.6 Å². The molecular weight excluding hydrogens is 585 g/mol. The molecule has 0 bridgehead atoms. The van der Waals surface area contributed by atoms with Crippen LogP contribution in [0.2, 0.25) is 0 Å². The van der Waals surface area contributed by atoms with E-state index in [9.17, 15) is 18.0 Å². The zero-order chi connectivity index (χ0) is 25.5. The number of H-pyrrole nitrogens is 1. The van der Waals surface area contributed by atoms with Gasteiger partial charge in [-0.05, 0) is 61.2 Å². The van der Waals surface area contributed by atoms with Gasteiger partial charge in [0.15, 0.2) is 0 Å². The third-order valence-corrected chi connectivity index (χ3v) is 9.23. The molecule has 0 spiro atoms. The highest BCUT2D eigenvalue weighted by molar-refractivity contribution is 14.1. The van der Waals surface area contributed by atoms with Gasteiger partial charge in [0.25, 0.3) is 5.56 Å². The SMILES string of the molecule is CCCn1c(=O)n(C)c(=O)c2[nH]c(-c3cc(S(=O)(=O)N4CCN(C)CC4)ccc3OCC)c(I)c21. The molecule has 0 radical (unpaired) electrons. The van der Waals surface area contributed by atoms with Crippen LogP contribution in [-0.4, -0.2) is 71.6 Å². The van der Waals surface area contributed by atoms with Crippen molar-refractivity contribution in [3.05, 3.63) is 42.6 Å². The second-order valence-electron chi connectivity index (χ2n) is 8.63. The number of aromatic nitrogens is 3. The van der Waals surface area contributed by atoms with Crippen molar-refractivity contribution in [2.24, 2.45) is 7.05 Å². The Morgan fingerprint density at radius 3 is 2.40 bits per heavy atom. The minimum atomic E-state index is -3.72. The standard InChI is InChI=1S/C23H30IN5O5S/c1-5-9-29-21-18(24)19(25-20(21)22(30)27(4)23(29)31)16-14-15(7-8-17(16)34-6-2)35(32,33)28-12-10-26(3)11-13-28/h7-8,14,25H,5-6,9-13H2,1-4H3. The van der Waals surface area contributed by atoms with Gasteiger partial charge in [0, 0.05) is 45.3 Å². The molecule has 12 heteroatoms. The number of piperazine rings is 1. The smallest absolute Gasteiger partial charge is 0.331 e. The van der Waals surface area contributed by atoms with Crippen LogP contribution in [0, 0.1) is 3.57 Å². The highest BCUT2D eigenvalue weighted by Gasteiger charge is 2.29. The third kappa shape index (κ3) is 4.56. The number of halogens is 1. The number of fused-ring (bicyclic) bond motifs is 1. The quantitative estimate of drug-likeness (QED) is 0.408. The number of sulfonamides is 1. The van der Waals surface area contributed by atoms with Gasteiger partial charge in [-0.25, -0.2) is 13.2 Å². The summed E-state index contributed by atoms with van der Waals surface area (Å²) in [7, 11) is -0.287. The Bertz CT molecular complexity index is 1480. The summed E-state index contributed by atoms with van der Waals surface area (Å²) in [5.41, 5.74) is 1.08. The molecular formula is C23H30IN5O5S. The molecule has 35 heavy (non-hydrogen) atoms. The van der Waals surface area contributed by atoms with E-state index in [1.807, 2.05) is 20.9 Å². The first kappa shape index (κ1) is 25.9. The molecule has 0 unspecified atom stereocenters. The molecule has 0 atom stereocenters. The average molecular weight is 615 g/mol. The lowest BCUT2D eigenvalue weighted by atomic mass is 10.1. The number of nitrogens with zero attached hydrogens (tertiary/aromatic N) is 4. The molecule has 1 saturated heterocycles. The maximum Gasteiger partial charge on any atom is 0.331 e. The van der Waals surface area contributed by atoms with Gasteiger partial charge in [0.05, 0.1) is 26.3 Å². The van der Waals surface area contributed by atoms with Crippen LogP contribution in [0.25, 0.3) is 22.3 Å². The van der Waals surface area contributed by atoms with E-state index in [1.165, 1.54) is 11.4 Å². The summed E-state index contributed by atoms with van der Waals surface area (Å²) in [5.74, 6) is 0.496. The summed E-state index contributed by atoms with van der Waals surface area (Å²) in [6.07, 6.45) is 0.715. The molecule has 1 fully saturated rings. The molecule has 10 nitrogen and oxygen atoms in total. The Morgan fingerprint density at radius 1 is 1.09 bits per heavy atom. The van der Waals surface area contributed by atoms with Crippen molar-refractivity contribution in [3.8, 4) is 17.0 Å². The molecule has 1 aliphatic rings. The maximum absolute atomic E-state index is 13.4. The van der Waals surface area contributed by atoms with E-state index in [0.29, 0.717) is 77.4 Å². The Kier molecular flexibility index (Phi) is 7.46. The monoisotopic (exact) mass is 615 g/mol. The summed E-state index contributed by atoms with van der Waals surface area (Å²) in [4.78, 5) is 31.2. The molecule has 3 heterocycles. The first-order valence-electron chi connectivity index (χ1n) is 11.6. The van der Waals surface area contributed by atoms with Gasteiger partial charge < -0.3 is 14.6 Å². The van der Waals surface area contributed by atoms with E-state index >= 15 is 0 Å². The molecule has 1 aliphatic heterocycles. The number of aryl methyl sites for hydroxylation is 1. The Morgan fingerprint density at radius 2 is 1.77 bits per heavy atom. The molecule has 4 rings (SSSR count). The minimum absolute atomic E-state index is 0.161. The van der Waals surface area contributed by atoms with Gasteiger partial charge in [-0.2, -0.15) is 4.31 Å². The van der Waals surface area contributed by atoms with Crippen LogP contribution in [0.4, 0.5) is 0 Å². The third-order valence-electron chi connectivity index (χ3n) is 6.29. The van der Waals surface area contributed by atoms with Crippen LogP contribution in [0.3, 0.4) is 0 Å². The number of hydrogen-bond donors (Lipinski definition) is 1. The Labute approximate surface area is 217 Å². The van der Waals surface area contributed by atoms with E-state index in [4.69, 9.17) is 4.74 Å². The van der Waals surface area contributed by atoms with Crippen LogP contribution >= 0.6 is 22.6 Å². The highest BCUT2D eigenvalue weighted by Crippen LogP contribution is 2.37. The predicted molar refractivity (Wildman–Crippen MR) is 144 cm³/mol. The number of rotatable bonds is 7. The van der Waals surface area contributed by atoms with E-state index in [1.54, 1.807) is 22.8 Å². The van der Waals surface area contributed by atoms with Crippen LogP contribution in [0.5, 0.6) is 5.75 Å². The van der Waals surface area contributed by atoms with Gasteiger partial charge in [0.1, 0.15) is 11.3 Å². The van der Waals surface area contributed by atoms with Crippen molar-refractivity contribution < 1.29 is 13.2 Å². The van der Waals surface area contributed by atoms with Gasteiger partial charge in [-0.3, -0.25) is 13.9 Å². The molecule has 190 valence electrons. The Balaban J connectivity index is 1.94. The van der Waals surface area contributed by atoms with Crippen LogP contribution in [-0.2, 0) is 23.6 Å². The summed E-state index contributed by atoms with van der Waals surface area (Å²) in [5, 5.41) is 0. The molecule has 3 aromatic rings. The highest BCUT2D eigenvalue weighted by atomic mass is 127. The normalized spacial score (nSPS) is 15.7. The molecule has 0 amide bonds. The number of hydrogen-bond acceptors (Lipinski definition) is 6. The number of nitrogens with one attached hydrogen (secondary N) is 1. The topological polar surface area (TPSA) is 110 Å². The summed E-state index contributed by atoms with van der Waals surface area (Å²) in [6.45, 7) is 6.83. The van der Waals surface area contributed by atoms with Crippen LogP contribution in [0.15, 0.2) is 32.7 Å². The molecule has 1 N–H and O–H groups in total. The van der Waals surface area contributed by atoms with Crippen LogP contribution in [0.1, 0.15) is 20.3 Å². The maximum atomic E-state index is 13.4. The first-order chi connectivity index (χ1) is 16.6. The molecule has 2 aromatic heterocycles. The number of aromatic amines is 1. The number of ether oxygens (including phenoxy) is 1. The zero-order valence-electron chi connectivity index (χ0n) is 20.3. The fourth-order valence-corrected chi connectivity index (χ4v) is 6.78. The Hall–Kier alpha value is -2.16. The fraction of sp³-hybridized carbons (Fsp3) is 0.478. The predicted octanol–water partition coefficient (Wildman–Crippen LogP) is 2.04. The molecule has 0 aliphatic carbocycles. The summed E-state index contributed by atoms with van der Waals surface area (Å²) >= 11 is 2.11. The van der Waals surface area contributed by atoms with Gasteiger partial charge in [-0.1, -0.05) is 6.92 Å². The number of benzene rings is 1. The van der Waals surface area contributed by atoms with Crippen molar-refractivity contribution >= 4 is 43.6 Å². The largest absolute Gasteiger partial charge is 0.493 e. The average Bonchev–Trinajstić information content (AvgIpc) is 3.18.